The van der Waals surface area contributed by atoms with E-state index in [4.69, 9.17) is 0 Å². The molecule has 1 aliphatic heterocycles. The molecule has 0 bridgehead atoms. The van der Waals surface area contributed by atoms with Crippen LogP contribution in [0.1, 0.15) is 36.8 Å². The van der Waals surface area contributed by atoms with Crippen LogP contribution in [-0.4, -0.2) is 24.3 Å². The lowest BCUT2D eigenvalue weighted by atomic mass is 9.86. The van der Waals surface area contributed by atoms with Gasteiger partial charge >= 0.3 is 0 Å². The van der Waals surface area contributed by atoms with E-state index in [1.54, 1.807) is 0 Å². The van der Waals surface area contributed by atoms with Crippen molar-refractivity contribution in [3.8, 4) is 0 Å². The van der Waals surface area contributed by atoms with Crippen LogP contribution in [0, 0.1) is 5.92 Å². The minimum Gasteiger partial charge on any atom is -0.393 e. The van der Waals surface area contributed by atoms with E-state index in [0.29, 0.717) is 5.92 Å². The minimum absolute atomic E-state index is 0.0964. The predicted octanol–water partition coefficient (Wildman–Crippen LogP) is 2.30. The van der Waals surface area contributed by atoms with Crippen molar-refractivity contribution in [2.45, 2.75) is 44.8 Å². The summed E-state index contributed by atoms with van der Waals surface area (Å²) < 4.78 is 0. The predicted molar refractivity (Wildman–Crippen MR) is 78.3 cm³/mol. The third-order valence-electron chi connectivity index (χ3n) is 4.52. The number of hydrogen-bond acceptors (Lipinski definition) is 3. The summed E-state index contributed by atoms with van der Waals surface area (Å²) in [5.41, 5.74) is 4.14. The van der Waals surface area contributed by atoms with E-state index in [1.807, 2.05) is 0 Å². The van der Waals surface area contributed by atoms with E-state index in [9.17, 15) is 5.11 Å². The smallest absolute Gasteiger partial charge is 0.0580 e. The van der Waals surface area contributed by atoms with Gasteiger partial charge in [-0.25, -0.2) is 0 Å². The number of benzene rings is 1. The molecule has 19 heavy (non-hydrogen) atoms. The average Bonchev–Trinajstić information content (AvgIpc) is 2.90. The highest BCUT2D eigenvalue weighted by Crippen LogP contribution is 2.27. The summed E-state index contributed by atoms with van der Waals surface area (Å²) in [6, 6.07) is 6.56. The van der Waals surface area contributed by atoms with Crippen molar-refractivity contribution in [1.82, 2.24) is 5.32 Å². The molecule has 2 aliphatic rings. The van der Waals surface area contributed by atoms with Gasteiger partial charge in [-0.1, -0.05) is 31.0 Å². The van der Waals surface area contributed by atoms with E-state index in [2.05, 4.69) is 28.8 Å². The molecule has 104 valence electrons. The van der Waals surface area contributed by atoms with Gasteiger partial charge in [0.2, 0.25) is 0 Å². The standard InChI is InChI=1S/C16H24N2O/c19-15-7-2-1-4-13(15)10-17-11-14-6-3-5-12-8-9-18-16(12)14/h3,5-6,13,15,17-19H,1-2,4,7-11H2. The minimum atomic E-state index is -0.0964. The Morgan fingerprint density at radius 1 is 1.26 bits per heavy atom. The van der Waals surface area contributed by atoms with Gasteiger partial charge in [0.1, 0.15) is 0 Å². The second-order valence-corrected chi connectivity index (χ2v) is 5.87. The fourth-order valence-electron chi connectivity index (χ4n) is 3.38. The molecule has 1 aliphatic carbocycles. The van der Waals surface area contributed by atoms with Crippen LogP contribution < -0.4 is 10.6 Å². The van der Waals surface area contributed by atoms with E-state index in [0.717, 1.165) is 32.5 Å². The Morgan fingerprint density at radius 2 is 2.16 bits per heavy atom. The monoisotopic (exact) mass is 260 g/mol. The first-order valence-electron chi connectivity index (χ1n) is 7.58. The largest absolute Gasteiger partial charge is 0.393 e. The van der Waals surface area contributed by atoms with Crippen molar-refractivity contribution in [1.29, 1.82) is 0 Å². The molecule has 1 saturated carbocycles. The molecule has 3 nitrogen and oxygen atoms in total. The highest BCUT2D eigenvalue weighted by molar-refractivity contribution is 5.61. The Labute approximate surface area is 115 Å². The fraction of sp³-hybridized carbons (Fsp3) is 0.625. The van der Waals surface area contributed by atoms with Gasteiger partial charge in [-0.05, 0) is 36.3 Å². The van der Waals surface area contributed by atoms with Crippen molar-refractivity contribution < 1.29 is 5.11 Å². The third kappa shape index (κ3) is 2.93. The second kappa shape index (κ2) is 5.93. The number of anilines is 1. The van der Waals surface area contributed by atoms with E-state index >= 15 is 0 Å². The molecule has 0 aromatic heterocycles. The van der Waals surface area contributed by atoms with Gasteiger partial charge in [0.25, 0.3) is 0 Å². The van der Waals surface area contributed by atoms with Crippen LogP contribution in [0.3, 0.4) is 0 Å². The molecule has 1 fully saturated rings. The van der Waals surface area contributed by atoms with Crippen molar-refractivity contribution in [2.75, 3.05) is 18.4 Å². The van der Waals surface area contributed by atoms with Gasteiger partial charge in [-0.2, -0.15) is 0 Å². The molecule has 3 heteroatoms. The zero-order valence-corrected chi connectivity index (χ0v) is 11.5. The average molecular weight is 260 g/mol. The second-order valence-electron chi connectivity index (χ2n) is 5.87. The van der Waals surface area contributed by atoms with Gasteiger partial charge in [0.15, 0.2) is 0 Å². The molecular formula is C16H24N2O. The zero-order chi connectivity index (χ0) is 13.1. The maximum Gasteiger partial charge on any atom is 0.0580 e. The molecular weight excluding hydrogens is 236 g/mol. The van der Waals surface area contributed by atoms with Crippen LogP contribution in [0.15, 0.2) is 18.2 Å². The highest BCUT2D eigenvalue weighted by Gasteiger charge is 2.22. The van der Waals surface area contributed by atoms with Gasteiger partial charge in [-0.15, -0.1) is 0 Å². The van der Waals surface area contributed by atoms with Crippen molar-refractivity contribution in [3.05, 3.63) is 29.3 Å². The lowest BCUT2D eigenvalue weighted by Crippen LogP contribution is -2.33. The summed E-state index contributed by atoms with van der Waals surface area (Å²) in [7, 11) is 0. The SMILES string of the molecule is OC1CCCCC1CNCc1cccc2c1NCC2. The zero-order valence-electron chi connectivity index (χ0n) is 11.5. The molecule has 0 spiro atoms. The molecule has 1 aromatic rings. The number of aliphatic hydroxyl groups is 1. The van der Waals surface area contributed by atoms with Crippen LogP contribution in [0.25, 0.3) is 0 Å². The number of hydrogen-bond donors (Lipinski definition) is 3. The van der Waals surface area contributed by atoms with E-state index < -0.39 is 0 Å². The van der Waals surface area contributed by atoms with Crippen LogP contribution in [0.4, 0.5) is 5.69 Å². The summed E-state index contributed by atoms with van der Waals surface area (Å²) in [6.07, 6.45) is 5.65. The maximum absolute atomic E-state index is 9.97. The van der Waals surface area contributed by atoms with Gasteiger partial charge < -0.3 is 15.7 Å². The Kier molecular flexibility index (Phi) is 4.04. The van der Waals surface area contributed by atoms with E-state index in [1.165, 1.54) is 36.1 Å². The molecule has 1 aromatic carbocycles. The van der Waals surface area contributed by atoms with Gasteiger partial charge in [-0.3, -0.25) is 0 Å². The Bertz CT molecular complexity index is 433. The Hall–Kier alpha value is -1.06. The number of fused-ring (bicyclic) bond motifs is 1. The summed E-state index contributed by atoms with van der Waals surface area (Å²) in [6.45, 7) is 2.90. The van der Waals surface area contributed by atoms with Gasteiger partial charge in [0, 0.05) is 25.3 Å². The molecule has 1 heterocycles. The normalized spacial score (nSPS) is 25.9. The first kappa shape index (κ1) is 12.9. The van der Waals surface area contributed by atoms with Crippen molar-refractivity contribution in [3.63, 3.8) is 0 Å². The summed E-state index contributed by atoms with van der Waals surface area (Å²) in [4.78, 5) is 0. The fourth-order valence-corrected chi connectivity index (χ4v) is 3.38. The van der Waals surface area contributed by atoms with Crippen LogP contribution in [0.5, 0.6) is 0 Å². The number of rotatable bonds is 4. The maximum atomic E-state index is 9.97. The highest BCUT2D eigenvalue weighted by atomic mass is 16.3. The molecule has 3 rings (SSSR count). The third-order valence-corrected chi connectivity index (χ3v) is 4.52. The summed E-state index contributed by atoms with van der Waals surface area (Å²) in [5.74, 6) is 0.443. The lowest BCUT2D eigenvalue weighted by molar-refractivity contribution is 0.0695. The van der Waals surface area contributed by atoms with Crippen LogP contribution in [0.2, 0.25) is 0 Å². The number of aliphatic hydroxyl groups excluding tert-OH is 1. The van der Waals surface area contributed by atoms with Crippen molar-refractivity contribution >= 4 is 5.69 Å². The molecule has 0 saturated heterocycles. The Morgan fingerprint density at radius 3 is 3.05 bits per heavy atom. The van der Waals surface area contributed by atoms with Gasteiger partial charge in [0.05, 0.1) is 6.10 Å². The molecule has 2 atom stereocenters. The van der Waals surface area contributed by atoms with Crippen LogP contribution >= 0.6 is 0 Å². The molecule has 2 unspecified atom stereocenters. The number of para-hydroxylation sites is 1. The molecule has 3 N–H and O–H groups in total. The summed E-state index contributed by atoms with van der Waals surface area (Å²) >= 11 is 0. The van der Waals surface area contributed by atoms with Crippen molar-refractivity contribution in [2.24, 2.45) is 5.92 Å². The summed E-state index contributed by atoms with van der Waals surface area (Å²) in [5, 5.41) is 17.0. The number of nitrogens with one attached hydrogen (secondary N) is 2. The topological polar surface area (TPSA) is 44.3 Å². The molecule has 0 radical (unpaired) electrons. The molecule has 0 amide bonds. The van der Waals surface area contributed by atoms with Crippen LogP contribution in [-0.2, 0) is 13.0 Å². The quantitative estimate of drug-likeness (QED) is 0.778. The first-order valence-corrected chi connectivity index (χ1v) is 7.58. The lowest BCUT2D eigenvalue weighted by Gasteiger charge is -2.27. The first-order chi connectivity index (χ1) is 9.34. The Balaban J connectivity index is 1.54. The van der Waals surface area contributed by atoms with E-state index in [-0.39, 0.29) is 6.10 Å².